The van der Waals surface area contributed by atoms with E-state index in [1.54, 1.807) is 23.5 Å². The third-order valence-corrected chi connectivity index (χ3v) is 12.1. The predicted molar refractivity (Wildman–Crippen MR) is 142 cm³/mol. The van der Waals surface area contributed by atoms with Crippen molar-refractivity contribution in [3.63, 3.8) is 0 Å². The van der Waals surface area contributed by atoms with Crippen molar-refractivity contribution >= 4 is 47.9 Å². The molecule has 2 aromatic carbocycles. The summed E-state index contributed by atoms with van der Waals surface area (Å²) in [6, 6.07) is 21.5. The molecule has 0 radical (unpaired) electrons. The number of nitrogens with zero attached hydrogens (tertiary/aromatic N) is 4. The van der Waals surface area contributed by atoms with Gasteiger partial charge in [-0.25, -0.2) is 14.5 Å². The van der Waals surface area contributed by atoms with Gasteiger partial charge in [-0.3, -0.25) is 0 Å². The highest BCUT2D eigenvalue weighted by Crippen LogP contribution is 2.36. The molecule has 0 unspecified atom stereocenters. The molecule has 4 aromatic rings. The molecular formula is C25H30N4OS2Si. The largest absolute Gasteiger partial charge is 0.407 e. The van der Waals surface area contributed by atoms with E-state index < -0.39 is 8.32 Å². The first-order valence-electron chi connectivity index (χ1n) is 11.0. The van der Waals surface area contributed by atoms with Crippen LogP contribution in [0, 0.1) is 0 Å². The Morgan fingerprint density at radius 1 is 0.909 bits per heavy atom. The molecule has 0 saturated heterocycles. The molecule has 0 aliphatic rings. The van der Waals surface area contributed by atoms with Crippen LogP contribution in [0.3, 0.4) is 0 Å². The van der Waals surface area contributed by atoms with E-state index in [1.807, 2.05) is 23.2 Å². The summed E-state index contributed by atoms with van der Waals surface area (Å²) in [5.74, 6) is 0. The number of imidazole rings is 1. The lowest BCUT2D eigenvalue weighted by atomic mass is 10.2. The van der Waals surface area contributed by atoms with Crippen molar-refractivity contribution in [1.82, 2.24) is 19.6 Å². The minimum absolute atomic E-state index is 0.0462. The normalized spacial score (nSPS) is 12.4. The second kappa shape index (κ2) is 10.0. The lowest BCUT2D eigenvalue weighted by Gasteiger charge is -2.43. The van der Waals surface area contributed by atoms with Gasteiger partial charge in [0.05, 0.1) is 11.9 Å². The van der Waals surface area contributed by atoms with E-state index in [1.165, 1.54) is 10.4 Å². The molecule has 33 heavy (non-hydrogen) atoms. The van der Waals surface area contributed by atoms with Crippen LogP contribution in [0.15, 0.2) is 77.0 Å². The highest BCUT2D eigenvalue weighted by Gasteiger charge is 2.50. The standard InChI is InChI=1S/C25H30N4OS2Si/c1-25(2,3)33(20-12-8-6-9-13-20,21-14-10-7-11-15-21)30-17-16-19-18-26-22-23(31-4)27-24(32-5)28-29(19)22/h6-15,18H,16-17H2,1-5H3. The molecule has 8 heteroatoms. The van der Waals surface area contributed by atoms with Gasteiger partial charge in [0.1, 0.15) is 5.03 Å². The van der Waals surface area contributed by atoms with E-state index in [0.29, 0.717) is 6.61 Å². The van der Waals surface area contributed by atoms with Crippen LogP contribution < -0.4 is 10.4 Å². The van der Waals surface area contributed by atoms with Gasteiger partial charge >= 0.3 is 0 Å². The maximum atomic E-state index is 7.05. The van der Waals surface area contributed by atoms with E-state index in [0.717, 1.165) is 27.9 Å². The highest BCUT2D eigenvalue weighted by atomic mass is 32.2. The van der Waals surface area contributed by atoms with E-state index in [2.05, 4.69) is 91.4 Å². The van der Waals surface area contributed by atoms with E-state index in [9.17, 15) is 0 Å². The van der Waals surface area contributed by atoms with Crippen molar-refractivity contribution in [3.8, 4) is 0 Å². The van der Waals surface area contributed by atoms with Crippen LogP contribution in [0.2, 0.25) is 5.04 Å². The van der Waals surface area contributed by atoms with Crippen LogP contribution in [-0.4, -0.2) is 47.0 Å². The van der Waals surface area contributed by atoms with E-state index in [4.69, 9.17) is 9.52 Å². The second-order valence-electron chi connectivity index (χ2n) is 8.85. The zero-order valence-corrected chi connectivity index (χ0v) is 22.4. The van der Waals surface area contributed by atoms with Gasteiger partial charge in [-0.1, -0.05) is 93.2 Å². The number of thioether (sulfide) groups is 2. The topological polar surface area (TPSA) is 52.3 Å². The number of fused-ring (bicyclic) bond motifs is 1. The molecule has 5 nitrogen and oxygen atoms in total. The Kier molecular flexibility index (Phi) is 7.28. The first kappa shape index (κ1) is 24.0. The SMILES string of the molecule is CSc1nc(SC)c2ncc(CCO[Si](c3ccccc3)(c3ccccc3)C(C)(C)C)n2n1. The van der Waals surface area contributed by atoms with Crippen molar-refractivity contribution < 1.29 is 4.43 Å². The molecule has 0 spiro atoms. The fraction of sp³-hybridized carbons (Fsp3) is 0.320. The molecule has 0 aliphatic carbocycles. The van der Waals surface area contributed by atoms with E-state index in [-0.39, 0.29) is 5.04 Å². The summed E-state index contributed by atoms with van der Waals surface area (Å²) in [5, 5.41) is 8.87. The zero-order chi connectivity index (χ0) is 23.5. The molecule has 0 atom stereocenters. The van der Waals surface area contributed by atoms with Crippen LogP contribution >= 0.6 is 23.5 Å². The maximum absolute atomic E-state index is 7.05. The minimum atomic E-state index is -2.56. The van der Waals surface area contributed by atoms with Gasteiger partial charge in [0, 0.05) is 13.0 Å². The summed E-state index contributed by atoms with van der Waals surface area (Å²) in [6.45, 7) is 7.50. The third kappa shape index (κ3) is 4.62. The summed E-state index contributed by atoms with van der Waals surface area (Å²) >= 11 is 3.14. The third-order valence-electron chi connectivity index (χ3n) is 5.85. The molecule has 0 N–H and O–H groups in total. The Hall–Kier alpha value is -2.13. The molecule has 0 aliphatic heterocycles. The van der Waals surface area contributed by atoms with Crippen LogP contribution in [-0.2, 0) is 10.8 Å². The van der Waals surface area contributed by atoms with Crippen LogP contribution in [0.5, 0.6) is 0 Å². The van der Waals surface area contributed by atoms with Gasteiger partial charge in [0.25, 0.3) is 8.32 Å². The Bertz CT molecular complexity index is 1170. The van der Waals surface area contributed by atoms with E-state index >= 15 is 0 Å². The van der Waals surface area contributed by atoms with Crippen molar-refractivity contribution in [2.24, 2.45) is 0 Å². The summed E-state index contributed by atoms with van der Waals surface area (Å²) < 4.78 is 8.98. The first-order chi connectivity index (χ1) is 15.9. The number of hydrogen-bond donors (Lipinski definition) is 0. The van der Waals surface area contributed by atoms with Gasteiger partial charge in [-0.15, -0.1) is 16.9 Å². The number of benzene rings is 2. The summed E-state index contributed by atoms with van der Waals surface area (Å²) in [6.07, 6.45) is 6.65. The molecule has 2 aromatic heterocycles. The van der Waals surface area contributed by atoms with Gasteiger partial charge < -0.3 is 4.43 Å². The van der Waals surface area contributed by atoms with Crippen molar-refractivity contribution in [2.45, 2.75) is 42.4 Å². The van der Waals surface area contributed by atoms with Crippen molar-refractivity contribution in [1.29, 1.82) is 0 Å². The van der Waals surface area contributed by atoms with Gasteiger partial charge in [0.15, 0.2) is 5.65 Å². The average molecular weight is 495 g/mol. The lowest BCUT2D eigenvalue weighted by Crippen LogP contribution is -2.66. The van der Waals surface area contributed by atoms with Crippen LogP contribution in [0.25, 0.3) is 5.65 Å². The Morgan fingerprint density at radius 3 is 2.03 bits per heavy atom. The average Bonchev–Trinajstić information content (AvgIpc) is 3.24. The number of aromatic nitrogens is 4. The van der Waals surface area contributed by atoms with Gasteiger partial charge in [-0.05, 0) is 27.9 Å². The Labute approximate surface area is 205 Å². The smallest absolute Gasteiger partial charge is 0.261 e. The Balaban J connectivity index is 1.71. The second-order valence-corrected chi connectivity index (χ2v) is 14.7. The zero-order valence-electron chi connectivity index (χ0n) is 19.8. The quantitative estimate of drug-likeness (QED) is 0.262. The number of rotatable bonds is 8. The van der Waals surface area contributed by atoms with Crippen molar-refractivity contribution in [2.75, 3.05) is 19.1 Å². The molecule has 172 valence electrons. The molecule has 0 amide bonds. The predicted octanol–water partition coefficient (Wildman–Crippen LogP) is 4.69. The molecular weight excluding hydrogens is 465 g/mol. The van der Waals surface area contributed by atoms with Crippen LogP contribution in [0.1, 0.15) is 26.5 Å². The Morgan fingerprint density at radius 2 is 1.52 bits per heavy atom. The minimum Gasteiger partial charge on any atom is -0.407 e. The molecule has 0 saturated carbocycles. The lowest BCUT2D eigenvalue weighted by molar-refractivity contribution is 0.299. The number of hydrogen-bond acceptors (Lipinski definition) is 6. The summed E-state index contributed by atoms with van der Waals surface area (Å²) in [5.41, 5.74) is 1.84. The highest BCUT2D eigenvalue weighted by molar-refractivity contribution is 7.99. The maximum Gasteiger partial charge on any atom is 0.261 e. The first-order valence-corrected chi connectivity index (χ1v) is 15.3. The van der Waals surface area contributed by atoms with Crippen molar-refractivity contribution in [3.05, 3.63) is 72.6 Å². The fourth-order valence-corrected chi connectivity index (χ4v) is 9.81. The molecule has 0 fully saturated rings. The molecule has 2 heterocycles. The van der Waals surface area contributed by atoms with Crippen LogP contribution in [0.4, 0.5) is 0 Å². The summed E-state index contributed by atoms with van der Waals surface area (Å²) in [7, 11) is -2.56. The monoisotopic (exact) mass is 494 g/mol. The molecule has 0 bridgehead atoms. The van der Waals surface area contributed by atoms with Gasteiger partial charge in [0.2, 0.25) is 5.16 Å². The molecule has 4 rings (SSSR count). The fourth-order valence-electron chi connectivity index (χ4n) is 4.35. The van der Waals surface area contributed by atoms with Gasteiger partial charge in [-0.2, -0.15) is 0 Å². The summed E-state index contributed by atoms with van der Waals surface area (Å²) in [4.78, 5) is 9.20.